The molecule has 0 saturated heterocycles. The first kappa shape index (κ1) is 22.7. The molecule has 1 atom stereocenters. The Kier molecular flexibility index (Phi) is 7.34. The number of rotatable bonds is 8. The first-order valence-corrected chi connectivity index (χ1v) is 9.65. The van der Waals surface area contributed by atoms with E-state index in [0.29, 0.717) is 0 Å². The fraction of sp³-hybridized carbons (Fsp3) is 0.294. The van der Waals surface area contributed by atoms with Crippen molar-refractivity contribution in [1.29, 1.82) is 5.26 Å². The van der Waals surface area contributed by atoms with E-state index in [4.69, 9.17) is 20.6 Å². The summed E-state index contributed by atoms with van der Waals surface area (Å²) in [7, 11) is 0. The summed E-state index contributed by atoms with van der Waals surface area (Å²) < 4.78 is 10.4. The molecule has 1 aliphatic rings. The smallest absolute Gasteiger partial charge is 0.352 e. The SMILES string of the molecule is CCOC(=O)CC1=NC(SC)N(N)C(Oc2ccc(C#N)c(C(=O)O)c2)=C1[N+](=O)[O-]. The molecule has 1 heterocycles. The molecule has 0 spiro atoms. The number of nitro groups is 1. The Bertz CT molecular complexity index is 985. The summed E-state index contributed by atoms with van der Waals surface area (Å²) in [5, 5.41) is 30.9. The molecule has 0 saturated carbocycles. The third kappa shape index (κ3) is 4.85. The molecule has 1 aliphatic heterocycles. The standard InChI is InChI=1S/C17H17N5O7S/c1-3-28-13(23)7-12-14(22(26)27)15(21(19)17(20-12)30-2)29-10-5-4-9(8-18)11(6-10)16(24)25/h4-6,17H,3,7,19H2,1-2H3,(H,24,25). The zero-order chi connectivity index (χ0) is 22.4. The number of esters is 1. The van der Waals surface area contributed by atoms with Gasteiger partial charge in [-0.3, -0.25) is 14.9 Å². The average Bonchev–Trinajstić information content (AvgIpc) is 2.69. The summed E-state index contributed by atoms with van der Waals surface area (Å²) in [6.07, 6.45) is 1.17. The van der Waals surface area contributed by atoms with Crippen LogP contribution in [0.5, 0.6) is 5.75 Å². The number of nitriles is 1. The number of thioether (sulfide) groups is 1. The van der Waals surface area contributed by atoms with E-state index in [1.165, 1.54) is 12.1 Å². The number of nitrogens with two attached hydrogens (primary N) is 1. The van der Waals surface area contributed by atoms with Crippen molar-refractivity contribution in [1.82, 2.24) is 5.01 Å². The number of carboxylic acid groups (broad SMARTS) is 1. The van der Waals surface area contributed by atoms with Gasteiger partial charge in [0.2, 0.25) is 0 Å². The van der Waals surface area contributed by atoms with Crippen LogP contribution in [0.1, 0.15) is 29.3 Å². The van der Waals surface area contributed by atoms with E-state index < -0.39 is 40.4 Å². The molecule has 30 heavy (non-hydrogen) atoms. The molecule has 13 heteroatoms. The van der Waals surface area contributed by atoms with Crippen LogP contribution in [0, 0.1) is 21.4 Å². The number of carbonyl (C=O) groups is 2. The van der Waals surface area contributed by atoms with E-state index in [2.05, 4.69) is 4.99 Å². The van der Waals surface area contributed by atoms with E-state index in [0.717, 1.165) is 22.8 Å². The summed E-state index contributed by atoms with van der Waals surface area (Å²) in [6, 6.07) is 5.26. The Morgan fingerprint density at radius 2 is 2.20 bits per heavy atom. The molecule has 0 amide bonds. The molecular weight excluding hydrogens is 418 g/mol. The van der Waals surface area contributed by atoms with Crippen LogP contribution in [-0.2, 0) is 9.53 Å². The van der Waals surface area contributed by atoms with Gasteiger partial charge >= 0.3 is 17.6 Å². The minimum absolute atomic E-state index is 0.0885. The zero-order valence-electron chi connectivity index (χ0n) is 15.9. The molecule has 1 aromatic carbocycles. The predicted octanol–water partition coefficient (Wildman–Crippen LogP) is 1.31. The van der Waals surface area contributed by atoms with Gasteiger partial charge in [-0.15, -0.1) is 11.8 Å². The topological polar surface area (TPSA) is 181 Å². The van der Waals surface area contributed by atoms with Gasteiger partial charge in [0, 0.05) is 0 Å². The molecule has 158 valence electrons. The molecule has 0 bridgehead atoms. The van der Waals surface area contributed by atoms with Crippen molar-refractivity contribution in [3.05, 3.63) is 51.0 Å². The number of hydrogen-bond acceptors (Lipinski definition) is 11. The lowest BCUT2D eigenvalue weighted by Crippen LogP contribution is -2.45. The van der Waals surface area contributed by atoms with Gasteiger partial charge in [0.05, 0.1) is 29.1 Å². The van der Waals surface area contributed by atoms with Crippen molar-refractivity contribution in [2.45, 2.75) is 18.8 Å². The maximum absolute atomic E-state index is 11.9. The monoisotopic (exact) mass is 435 g/mol. The predicted molar refractivity (Wildman–Crippen MR) is 105 cm³/mol. The van der Waals surface area contributed by atoms with Crippen LogP contribution in [0.4, 0.5) is 0 Å². The normalized spacial score (nSPS) is 15.9. The van der Waals surface area contributed by atoms with Gasteiger partial charge in [-0.2, -0.15) is 5.26 Å². The molecule has 1 aromatic rings. The number of aliphatic imine (C=N–C) groups is 1. The van der Waals surface area contributed by atoms with Crippen molar-refractivity contribution >= 4 is 29.4 Å². The Hall–Kier alpha value is -3.63. The van der Waals surface area contributed by atoms with Gasteiger partial charge in [0.1, 0.15) is 17.5 Å². The number of hydrogen-bond donors (Lipinski definition) is 2. The Morgan fingerprint density at radius 3 is 2.73 bits per heavy atom. The molecule has 1 unspecified atom stereocenters. The maximum Gasteiger partial charge on any atom is 0.352 e. The van der Waals surface area contributed by atoms with Crippen molar-refractivity contribution in [3.8, 4) is 11.8 Å². The molecular formula is C17H17N5O7S. The first-order chi connectivity index (χ1) is 14.2. The number of carboxylic acids is 1. The van der Waals surface area contributed by atoms with Crippen LogP contribution in [-0.4, -0.2) is 51.0 Å². The fourth-order valence-electron chi connectivity index (χ4n) is 2.50. The van der Waals surface area contributed by atoms with Crippen molar-refractivity contribution in [2.75, 3.05) is 12.9 Å². The van der Waals surface area contributed by atoms with E-state index in [9.17, 15) is 24.8 Å². The highest BCUT2D eigenvalue weighted by Gasteiger charge is 2.39. The molecule has 0 aliphatic carbocycles. The second kappa shape index (κ2) is 9.72. The van der Waals surface area contributed by atoms with Crippen LogP contribution >= 0.6 is 11.8 Å². The Morgan fingerprint density at radius 1 is 1.50 bits per heavy atom. The average molecular weight is 435 g/mol. The second-order valence-corrected chi connectivity index (χ2v) is 6.56. The summed E-state index contributed by atoms with van der Waals surface area (Å²) >= 11 is 1.13. The third-order valence-electron chi connectivity index (χ3n) is 3.78. The molecule has 12 nitrogen and oxygen atoms in total. The zero-order valence-corrected chi connectivity index (χ0v) is 16.7. The van der Waals surface area contributed by atoms with Gasteiger partial charge in [-0.1, -0.05) is 0 Å². The van der Waals surface area contributed by atoms with Crippen molar-refractivity contribution in [3.63, 3.8) is 0 Å². The quantitative estimate of drug-likeness (QED) is 0.260. The Labute approximate surface area is 174 Å². The molecule has 0 radical (unpaired) electrons. The van der Waals surface area contributed by atoms with Crippen LogP contribution in [0.2, 0.25) is 0 Å². The summed E-state index contributed by atoms with van der Waals surface area (Å²) in [4.78, 5) is 38.3. The number of ether oxygens (including phenoxy) is 2. The van der Waals surface area contributed by atoms with E-state index in [-0.39, 0.29) is 29.2 Å². The lowest BCUT2D eigenvalue weighted by Gasteiger charge is -2.30. The molecule has 3 N–H and O–H groups in total. The van der Waals surface area contributed by atoms with Crippen molar-refractivity contribution < 1.29 is 29.1 Å². The van der Waals surface area contributed by atoms with Gasteiger partial charge in [0.25, 0.3) is 5.88 Å². The van der Waals surface area contributed by atoms with Crippen LogP contribution in [0.15, 0.2) is 34.8 Å². The van der Waals surface area contributed by atoms with Crippen LogP contribution in [0.25, 0.3) is 0 Å². The molecule has 0 fully saturated rings. The Balaban J connectivity index is 2.55. The fourth-order valence-corrected chi connectivity index (χ4v) is 3.06. The lowest BCUT2D eigenvalue weighted by molar-refractivity contribution is -0.419. The van der Waals surface area contributed by atoms with E-state index in [1.54, 1.807) is 19.2 Å². The third-order valence-corrected chi connectivity index (χ3v) is 4.54. The summed E-state index contributed by atoms with van der Waals surface area (Å²) in [5.41, 5.74) is -2.15. The molecule has 0 aromatic heterocycles. The van der Waals surface area contributed by atoms with Gasteiger partial charge in [-0.05, 0) is 31.4 Å². The summed E-state index contributed by atoms with van der Waals surface area (Å²) in [6.45, 7) is 1.68. The van der Waals surface area contributed by atoms with Crippen LogP contribution < -0.4 is 10.6 Å². The molecule has 2 rings (SSSR count). The van der Waals surface area contributed by atoms with Gasteiger partial charge in [-0.25, -0.2) is 20.6 Å². The first-order valence-electron chi connectivity index (χ1n) is 8.36. The van der Waals surface area contributed by atoms with Gasteiger partial charge < -0.3 is 14.6 Å². The second-order valence-electron chi connectivity index (χ2n) is 5.66. The number of aromatic carboxylic acids is 1. The highest BCUT2D eigenvalue weighted by molar-refractivity contribution is 7.99. The summed E-state index contributed by atoms with van der Waals surface area (Å²) in [5.74, 6) is 3.32. The number of nitrogens with zero attached hydrogens (tertiary/aromatic N) is 4. The highest BCUT2D eigenvalue weighted by atomic mass is 32.2. The largest absolute Gasteiger partial charge is 0.478 e. The number of carbonyl (C=O) groups excluding carboxylic acids is 1. The maximum atomic E-state index is 11.9. The number of hydrazine groups is 1. The van der Waals surface area contributed by atoms with E-state index in [1.807, 2.05) is 0 Å². The van der Waals surface area contributed by atoms with Crippen LogP contribution in [0.3, 0.4) is 0 Å². The van der Waals surface area contributed by atoms with Crippen molar-refractivity contribution in [2.24, 2.45) is 10.8 Å². The minimum Gasteiger partial charge on any atom is -0.478 e. The van der Waals surface area contributed by atoms with Gasteiger partial charge in [0.15, 0.2) is 5.50 Å². The lowest BCUT2D eigenvalue weighted by atomic mass is 10.1. The number of benzene rings is 1. The number of allylic oxidation sites excluding steroid dienone is 1. The van der Waals surface area contributed by atoms with E-state index >= 15 is 0 Å². The highest BCUT2D eigenvalue weighted by Crippen LogP contribution is 2.29. The minimum atomic E-state index is -1.37.